The summed E-state index contributed by atoms with van der Waals surface area (Å²) < 4.78 is 37.1. The third kappa shape index (κ3) is 2.72. The van der Waals surface area contributed by atoms with Gasteiger partial charge in [0.1, 0.15) is 0 Å². The van der Waals surface area contributed by atoms with Gasteiger partial charge < -0.3 is 10.2 Å². The highest BCUT2D eigenvalue weighted by molar-refractivity contribution is 5.40. The molecule has 0 aromatic carbocycles. The Morgan fingerprint density at radius 3 is 2.56 bits per heavy atom. The van der Waals surface area contributed by atoms with E-state index in [4.69, 9.17) is 0 Å². The zero-order chi connectivity index (χ0) is 13.3. The Morgan fingerprint density at radius 1 is 1.28 bits per heavy atom. The molecule has 0 saturated carbocycles. The van der Waals surface area contributed by atoms with E-state index in [-0.39, 0.29) is 12.1 Å². The Morgan fingerprint density at radius 2 is 2.00 bits per heavy atom. The average molecular weight is 260 g/mol. The number of nitrogens with one attached hydrogen (secondary N) is 1. The molecule has 2 rings (SSSR count). The minimum absolute atomic E-state index is 0.187. The zero-order valence-electron chi connectivity index (χ0n) is 10.2. The van der Waals surface area contributed by atoms with Crippen molar-refractivity contribution < 1.29 is 13.2 Å². The van der Waals surface area contributed by atoms with Crippen molar-refractivity contribution in [2.24, 2.45) is 0 Å². The lowest BCUT2D eigenvalue weighted by atomic mass is 10.1. The van der Waals surface area contributed by atoms with Gasteiger partial charge in [-0.15, -0.1) is 10.2 Å². The normalized spacial score (nSPS) is 25.3. The Labute approximate surface area is 103 Å². The summed E-state index contributed by atoms with van der Waals surface area (Å²) in [5.74, 6) is 0.490. The molecule has 1 aliphatic rings. The smallest absolute Gasteiger partial charge is 0.350 e. The molecule has 7 heteroatoms. The number of nitrogens with zero attached hydrogens (tertiary/aromatic N) is 3. The van der Waals surface area contributed by atoms with Crippen LogP contribution < -0.4 is 10.2 Å². The third-order valence-electron chi connectivity index (χ3n) is 3.00. The lowest BCUT2D eigenvalue weighted by molar-refractivity contribution is -0.141. The molecular weight excluding hydrogens is 245 g/mol. The van der Waals surface area contributed by atoms with Crippen LogP contribution in [-0.4, -0.2) is 35.4 Å². The second-order valence-electron chi connectivity index (χ2n) is 4.59. The summed E-state index contributed by atoms with van der Waals surface area (Å²) in [7, 11) is 0. The van der Waals surface area contributed by atoms with E-state index in [1.54, 1.807) is 0 Å². The van der Waals surface area contributed by atoms with Gasteiger partial charge >= 0.3 is 6.18 Å². The van der Waals surface area contributed by atoms with Crippen molar-refractivity contribution in [1.82, 2.24) is 15.5 Å². The molecule has 2 heterocycles. The number of aromatic nitrogens is 2. The lowest BCUT2D eigenvalue weighted by Crippen LogP contribution is -2.54. The highest BCUT2D eigenvalue weighted by Gasteiger charge is 2.33. The summed E-state index contributed by atoms with van der Waals surface area (Å²) in [5, 5.41) is 10.2. The van der Waals surface area contributed by atoms with Crippen LogP contribution >= 0.6 is 0 Å². The molecular formula is C11H15F3N4. The van der Waals surface area contributed by atoms with Crippen LogP contribution in [0.4, 0.5) is 19.0 Å². The van der Waals surface area contributed by atoms with Crippen LogP contribution in [0.15, 0.2) is 12.1 Å². The van der Waals surface area contributed by atoms with Crippen LogP contribution in [0.25, 0.3) is 0 Å². The van der Waals surface area contributed by atoms with E-state index in [0.29, 0.717) is 12.4 Å². The van der Waals surface area contributed by atoms with Crippen molar-refractivity contribution in [3.8, 4) is 0 Å². The molecule has 4 nitrogen and oxygen atoms in total. The summed E-state index contributed by atoms with van der Waals surface area (Å²) in [6, 6.07) is 2.82. The van der Waals surface area contributed by atoms with Gasteiger partial charge in [-0.3, -0.25) is 0 Å². The molecule has 1 saturated heterocycles. The molecule has 2 unspecified atom stereocenters. The van der Waals surface area contributed by atoms with Gasteiger partial charge in [-0.1, -0.05) is 0 Å². The first kappa shape index (κ1) is 13.1. The molecule has 100 valence electrons. The summed E-state index contributed by atoms with van der Waals surface area (Å²) in [6.07, 6.45) is -4.44. The van der Waals surface area contributed by atoms with Gasteiger partial charge in [-0.2, -0.15) is 13.2 Å². The third-order valence-corrected chi connectivity index (χ3v) is 3.00. The van der Waals surface area contributed by atoms with Crippen molar-refractivity contribution in [3.63, 3.8) is 0 Å². The number of alkyl halides is 3. The summed E-state index contributed by atoms with van der Waals surface area (Å²) in [6.45, 7) is 5.51. The zero-order valence-corrected chi connectivity index (χ0v) is 10.2. The largest absolute Gasteiger partial charge is 0.435 e. The number of hydrogen-bond acceptors (Lipinski definition) is 4. The first-order valence-electron chi connectivity index (χ1n) is 5.79. The van der Waals surface area contributed by atoms with E-state index in [1.165, 1.54) is 6.07 Å². The molecule has 18 heavy (non-hydrogen) atoms. The quantitative estimate of drug-likeness (QED) is 0.834. The van der Waals surface area contributed by atoms with Gasteiger partial charge in [0.15, 0.2) is 11.5 Å². The molecule has 0 radical (unpaired) electrons. The Kier molecular flexibility index (Phi) is 3.43. The fraction of sp³-hybridized carbons (Fsp3) is 0.636. The maximum atomic E-state index is 12.4. The van der Waals surface area contributed by atoms with Crippen molar-refractivity contribution in [2.75, 3.05) is 18.0 Å². The Bertz CT molecular complexity index is 404. The topological polar surface area (TPSA) is 41.1 Å². The molecule has 1 aromatic rings. The van der Waals surface area contributed by atoms with E-state index in [9.17, 15) is 13.2 Å². The molecule has 1 N–H and O–H groups in total. The van der Waals surface area contributed by atoms with Gasteiger partial charge in [-0.25, -0.2) is 0 Å². The van der Waals surface area contributed by atoms with Crippen LogP contribution in [0.3, 0.4) is 0 Å². The number of piperazine rings is 1. The van der Waals surface area contributed by atoms with Gasteiger partial charge in [0.25, 0.3) is 0 Å². The Hall–Kier alpha value is -1.37. The first-order chi connectivity index (χ1) is 8.38. The summed E-state index contributed by atoms with van der Waals surface area (Å²) in [5.41, 5.74) is -0.956. The Balaban J connectivity index is 2.18. The van der Waals surface area contributed by atoms with Crippen molar-refractivity contribution >= 4 is 5.82 Å². The molecule has 1 aliphatic heterocycles. The molecule has 2 atom stereocenters. The molecule has 0 amide bonds. The van der Waals surface area contributed by atoms with Gasteiger partial charge in [0.05, 0.1) is 0 Å². The monoisotopic (exact) mass is 260 g/mol. The second-order valence-corrected chi connectivity index (χ2v) is 4.59. The minimum Gasteiger partial charge on any atom is -0.350 e. The predicted molar refractivity (Wildman–Crippen MR) is 61.3 cm³/mol. The minimum atomic E-state index is -4.44. The average Bonchev–Trinajstić information content (AvgIpc) is 2.31. The van der Waals surface area contributed by atoms with Crippen LogP contribution in [0.1, 0.15) is 19.5 Å². The van der Waals surface area contributed by atoms with Gasteiger partial charge in [-0.05, 0) is 26.0 Å². The summed E-state index contributed by atoms with van der Waals surface area (Å²) in [4.78, 5) is 1.97. The molecule has 0 spiro atoms. The SMILES string of the molecule is CC1CN(c2ccc(C(F)(F)F)nn2)C(C)CN1. The highest BCUT2D eigenvalue weighted by atomic mass is 19.4. The number of anilines is 1. The fourth-order valence-corrected chi connectivity index (χ4v) is 1.97. The maximum Gasteiger partial charge on any atom is 0.435 e. The van der Waals surface area contributed by atoms with Crippen LogP contribution in [0, 0.1) is 0 Å². The molecule has 0 aliphatic carbocycles. The van der Waals surface area contributed by atoms with E-state index >= 15 is 0 Å². The standard InChI is InChI=1S/C11H15F3N4/c1-7-6-18(8(2)5-15-7)10-4-3-9(16-17-10)11(12,13)14/h3-4,7-8,15H,5-6H2,1-2H3. The predicted octanol–water partition coefficient (Wildman–Crippen LogP) is 1.68. The second kappa shape index (κ2) is 4.72. The maximum absolute atomic E-state index is 12.4. The number of hydrogen-bond donors (Lipinski definition) is 1. The van der Waals surface area contributed by atoms with Crippen molar-refractivity contribution in [3.05, 3.63) is 17.8 Å². The van der Waals surface area contributed by atoms with Crippen molar-refractivity contribution in [1.29, 1.82) is 0 Å². The number of halogens is 3. The van der Waals surface area contributed by atoms with E-state index in [2.05, 4.69) is 15.5 Å². The van der Waals surface area contributed by atoms with Crippen molar-refractivity contribution in [2.45, 2.75) is 32.1 Å². The van der Waals surface area contributed by atoms with E-state index in [0.717, 1.165) is 12.6 Å². The summed E-state index contributed by atoms with van der Waals surface area (Å²) >= 11 is 0. The number of rotatable bonds is 1. The first-order valence-corrected chi connectivity index (χ1v) is 5.79. The van der Waals surface area contributed by atoms with Crippen LogP contribution in [0.5, 0.6) is 0 Å². The van der Waals surface area contributed by atoms with Crippen LogP contribution in [0.2, 0.25) is 0 Å². The fourth-order valence-electron chi connectivity index (χ4n) is 1.97. The van der Waals surface area contributed by atoms with Gasteiger partial charge in [0, 0.05) is 25.2 Å². The van der Waals surface area contributed by atoms with E-state index < -0.39 is 11.9 Å². The van der Waals surface area contributed by atoms with Crippen LogP contribution in [-0.2, 0) is 6.18 Å². The lowest BCUT2D eigenvalue weighted by Gasteiger charge is -2.38. The molecule has 1 fully saturated rings. The highest BCUT2D eigenvalue weighted by Crippen LogP contribution is 2.28. The van der Waals surface area contributed by atoms with E-state index in [1.807, 2.05) is 18.7 Å². The molecule has 0 bridgehead atoms. The van der Waals surface area contributed by atoms with Gasteiger partial charge in [0.2, 0.25) is 0 Å². The molecule has 1 aromatic heterocycles.